The fourth-order valence-electron chi connectivity index (χ4n) is 1.46. The number of hydrogen-bond donors (Lipinski definition) is 2. The SMILES string of the molecule is CO[N+](C)=CCc1ccc(CC(N)C(=O)O)cc1. The molecule has 0 aromatic heterocycles. The fourth-order valence-corrected chi connectivity index (χ4v) is 1.46. The Hall–Kier alpha value is -1.88. The number of carboxylic acids is 1. The highest BCUT2D eigenvalue weighted by Gasteiger charge is 2.11. The summed E-state index contributed by atoms with van der Waals surface area (Å²) in [6.45, 7) is 0. The van der Waals surface area contributed by atoms with Crippen LogP contribution in [-0.4, -0.2) is 42.2 Å². The van der Waals surface area contributed by atoms with E-state index in [1.165, 1.54) is 0 Å². The summed E-state index contributed by atoms with van der Waals surface area (Å²) in [5.74, 6) is -0.978. The molecule has 0 fully saturated rings. The molecule has 0 saturated heterocycles. The molecule has 5 nitrogen and oxygen atoms in total. The van der Waals surface area contributed by atoms with E-state index in [2.05, 4.69) is 0 Å². The van der Waals surface area contributed by atoms with Crippen LogP contribution in [-0.2, 0) is 22.5 Å². The van der Waals surface area contributed by atoms with Crippen LogP contribution in [0.2, 0.25) is 0 Å². The first-order chi connectivity index (χ1) is 8.52. The van der Waals surface area contributed by atoms with Gasteiger partial charge in [-0.15, -0.1) is 0 Å². The molecule has 1 aromatic rings. The molecule has 0 amide bonds. The van der Waals surface area contributed by atoms with E-state index >= 15 is 0 Å². The van der Waals surface area contributed by atoms with E-state index in [0.29, 0.717) is 6.42 Å². The van der Waals surface area contributed by atoms with Gasteiger partial charge in [0.2, 0.25) is 0 Å². The van der Waals surface area contributed by atoms with Gasteiger partial charge in [-0.3, -0.25) is 9.63 Å². The van der Waals surface area contributed by atoms with E-state index in [1.54, 1.807) is 11.8 Å². The van der Waals surface area contributed by atoms with E-state index in [4.69, 9.17) is 15.7 Å². The number of carboxylic acid groups (broad SMARTS) is 1. The van der Waals surface area contributed by atoms with Crippen LogP contribution in [0.5, 0.6) is 0 Å². The molecule has 1 rings (SSSR count). The maximum absolute atomic E-state index is 10.6. The van der Waals surface area contributed by atoms with Crippen molar-refractivity contribution >= 4 is 12.2 Å². The molecule has 0 radical (unpaired) electrons. The lowest BCUT2D eigenvalue weighted by Gasteiger charge is -2.06. The molecule has 3 N–H and O–H groups in total. The number of aliphatic carboxylic acids is 1. The minimum absolute atomic E-state index is 0.345. The van der Waals surface area contributed by atoms with E-state index in [0.717, 1.165) is 17.5 Å². The summed E-state index contributed by atoms with van der Waals surface area (Å²) in [6, 6.07) is 6.88. The average molecular weight is 251 g/mol. The smallest absolute Gasteiger partial charge is 0.320 e. The van der Waals surface area contributed by atoms with Crippen molar-refractivity contribution < 1.29 is 19.5 Å². The number of nitrogens with two attached hydrogens (primary N) is 1. The molecule has 1 aromatic carbocycles. The normalized spacial score (nSPS) is 13.2. The van der Waals surface area contributed by atoms with Gasteiger partial charge in [-0.1, -0.05) is 24.3 Å². The zero-order valence-electron chi connectivity index (χ0n) is 10.7. The first-order valence-corrected chi connectivity index (χ1v) is 5.69. The summed E-state index contributed by atoms with van der Waals surface area (Å²) < 4.78 is 1.63. The second-order valence-corrected chi connectivity index (χ2v) is 4.08. The van der Waals surface area contributed by atoms with Gasteiger partial charge < -0.3 is 10.8 Å². The molecule has 0 spiro atoms. The Balaban J connectivity index is 2.60. The summed E-state index contributed by atoms with van der Waals surface area (Å²) >= 11 is 0. The summed E-state index contributed by atoms with van der Waals surface area (Å²) in [5.41, 5.74) is 7.53. The third kappa shape index (κ3) is 4.55. The highest BCUT2D eigenvalue weighted by molar-refractivity contribution is 5.73. The quantitative estimate of drug-likeness (QED) is 0.437. The number of rotatable bonds is 6. The number of hydroxylamine groups is 1. The lowest BCUT2D eigenvalue weighted by molar-refractivity contribution is -0.758. The van der Waals surface area contributed by atoms with Crippen LogP contribution in [0.25, 0.3) is 0 Å². The Kier molecular flexibility index (Phi) is 5.32. The van der Waals surface area contributed by atoms with Crippen molar-refractivity contribution in [2.75, 3.05) is 14.2 Å². The molecular weight excluding hydrogens is 232 g/mol. The zero-order valence-corrected chi connectivity index (χ0v) is 10.7. The van der Waals surface area contributed by atoms with Crippen LogP contribution in [0.4, 0.5) is 0 Å². The van der Waals surface area contributed by atoms with Crippen LogP contribution in [0, 0.1) is 0 Å². The van der Waals surface area contributed by atoms with Crippen LogP contribution in [0.15, 0.2) is 24.3 Å². The molecule has 0 aliphatic rings. The van der Waals surface area contributed by atoms with E-state index in [1.807, 2.05) is 37.5 Å². The minimum Gasteiger partial charge on any atom is -0.480 e. The first kappa shape index (κ1) is 14.2. The maximum atomic E-state index is 10.6. The molecular formula is C13H19N2O3+. The lowest BCUT2D eigenvalue weighted by Crippen LogP contribution is -2.32. The van der Waals surface area contributed by atoms with Gasteiger partial charge in [0.1, 0.15) is 13.2 Å². The van der Waals surface area contributed by atoms with Crippen LogP contribution < -0.4 is 5.73 Å². The third-order valence-electron chi connectivity index (χ3n) is 2.67. The monoisotopic (exact) mass is 251 g/mol. The van der Waals surface area contributed by atoms with E-state index in [9.17, 15) is 4.79 Å². The van der Waals surface area contributed by atoms with Crippen LogP contribution in [0.3, 0.4) is 0 Å². The highest BCUT2D eigenvalue weighted by atomic mass is 16.6. The Morgan fingerprint density at radius 3 is 2.50 bits per heavy atom. The topological polar surface area (TPSA) is 75.6 Å². The molecule has 0 aliphatic heterocycles. The van der Waals surface area contributed by atoms with Crippen molar-refractivity contribution in [1.82, 2.24) is 0 Å². The molecule has 1 unspecified atom stereocenters. The number of benzene rings is 1. The molecule has 0 heterocycles. The van der Waals surface area contributed by atoms with Crippen molar-refractivity contribution in [3.05, 3.63) is 35.4 Å². The molecule has 5 heteroatoms. The van der Waals surface area contributed by atoms with Crippen molar-refractivity contribution in [2.45, 2.75) is 18.9 Å². The number of hydrogen-bond acceptors (Lipinski definition) is 3. The minimum atomic E-state index is -0.978. The van der Waals surface area contributed by atoms with Crippen molar-refractivity contribution in [3.8, 4) is 0 Å². The van der Waals surface area contributed by atoms with Crippen LogP contribution >= 0.6 is 0 Å². The zero-order chi connectivity index (χ0) is 13.5. The third-order valence-corrected chi connectivity index (χ3v) is 2.67. The average Bonchev–Trinajstić information content (AvgIpc) is 2.37. The van der Waals surface area contributed by atoms with Gasteiger partial charge in [0, 0.05) is 0 Å². The van der Waals surface area contributed by atoms with Gasteiger partial charge in [0.25, 0.3) is 0 Å². The van der Waals surface area contributed by atoms with Crippen molar-refractivity contribution in [2.24, 2.45) is 5.73 Å². The van der Waals surface area contributed by atoms with E-state index < -0.39 is 12.0 Å². The molecule has 0 aliphatic carbocycles. The molecule has 1 atom stereocenters. The predicted molar refractivity (Wildman–Crippen MR) is 68.7 cm³/mol. The maximum Gasteiger partial charge on any atom is 0.320 e. The van der Waals surface area contributed by atoms with Gasteiger partial charge in [-0.2, -0.15) is 0 Å². The van der Waals surface area contributed by atoms with Gasteiger partial charge in [0.05, 0.1) is 6.42 Å². The molecule has 0 saturated carbocycles. The standard InChI is InChI=1S/C13H18N2O3/c1-15(18-2)8-7-10-3-5-11(6-4-10)9-12(14)13(16)17/h3-6,8,12H,7,9,14H2,1-2H3/p+1. The predicted octanol–water partition coefficient (Wildman–Crippen LogP) is 0.458. The van der Waals surface area contributed by atoms with Gasteiger partial charge in [0.15, 0.2) is 13.3 Å². The molecule has 98 valence electrons. The van der Waals surface area contributed by atoms with E-state index in [-0.39, 0.29) is 0 Å². The largest absolute Gasteiger partial charge is 0.480 e. The Morgan fingerprint density at radius 1 is 1.44 bits per heavy atom. The number of carbonyl (C=O) groups is 1. The molecule has 0 bridgehead atoms. The first-order valence-electron chi connectivity index (χ1n) is 5.69. The van der Waals surface area contributed by atoms with Crippen LogP contribution in [0.1, 0.15) is 11.1 Å². The van der Waals surface area contributed by atoms with Gasteiger partial charge >= 0.3 is 5.97 Å². The second kappa shape index (κ2) is 6.76. The summed E-state index contributed by atoms with van der Waals surface area (Å²) in [6.07, 6.45) is 3.02. The lowest BCUT2D eigenvalue weighted by atomic mass is 10.0. The number of nitrogens with zero attached hydrogens (tertiary/aromatic N) is 1. The summed E-state index contributed by atoms with van der Waals surface area (Å²) in [5, 5.41) is 8.72. The summed E-state index contributed by atoms with van der Waals surface area (Å²) in [4.78, 5) is 15.6. The van der Waals surface area contributed by atoms with Gasteiger partial charge in [-0.05, 0) is 22.3 Å². The van der Waals surface area contributed by atoms with Crippen molar-refractivity contribution in [1.29, 1.82) is 0 Å². The summed E-state index contributed by atoms with van der Waals surface area (Å²) in [7, 11) is 3.42. The molecule has 18 heavy (non-hydrogen) atoms. The fraction of sp³-hybridized carbons (Fsp3) is 0.385. The Morgan fingerprint density at radius 2 is 2.00 bits per heavy atom. The van der Waals surface area contributed by atoms with Crippen molar-refractivity contribution in [3.63, 3.8) is 0 Å². The Labute approximate surface area is 106 Å². The second-order valence-electron chi connectivity index (χ2n) is 4.08. The van der Waals surface area contributed by atoms with Gasteiger partial charge in [-0.25, -0.2) is 0 Å². The highest BCUT2D eigenvalue weighted by Crippen LogP contribution is 2.06. The Bertz CT molecular complexity index is 426.